The number of aryl methyl sites for hydroxylation is 1. The van der Waals surface area contributed by atoms with Crippen molar-refractivity contribution in [1.29, 1.82) is 0 Å². The molecule has 218 valence electrons. The van der Waals surface area contributed by atoms with Crippen molar-refractivity contribution in [1.82, 2.24) is 9.97 Å². The van der Waals surface area contributed by atoms with Crippen LogP contribution < -0.4 is 0 Å². The van der Waals surface area contributed by atoms with Crippen molar-refractivity contribution in [2.45, 2.75) is 33.1 Å². The van der Waals surface area contributed by atoms with Crippen LogP contribution in [0.2, 0.25) is 0 Å². The fourth-order valence-electron chi connectivity index (χ4n) is 6.08. The number of hydrogen-bond acceptors (Lipinski definition) is 2. The SMILES string of the molecule is Cc1ccc(-c2ccccc2)cc1-c1ccc(-c2cccc(-c3cc(C(C)(C)C)ccn3)c2)c2nc(-c3ccccc3)ccc12. The highest BCUT2D eigenvalue weighted by atomic mass is 14.7. The van der Waals surface area contributed by atoms with E-state index in [4.69, 9.17) is 9.97 Å². The molecule has 0 bridgehead atoms. The predicted octanol–water partition coefficient (Wildman–Crippen LogP) is 11.6. The van der Waals surface area contributed by atoms with Crippen LogP contribution in [-0.4, -0.2) is 9.97 Å². The normalized spacial score (nSPS) is 11.6. The van der Waals surface area contributed by atoms with Gasteiger partial charge in [0.2, 0.25) is 0 Å². The first-order valence-electron chi connectivity index (χ1n) is 15.6. The molecule has 2 heteroatoms. The zero-order chi connectivity index (χ0) is 31.0. The van der Waals surface area contributed by atoms with E-state index < -0.39 is 0 Å². The van der Waals surface area contributed by atoms with E-state index in [9.17, 15) is 0 Å². The minimum atomic E-state index is 0.0506. The van der Waals surface area contributed by atoms with E-state index in [1.54, 1.807) is 0 Å². The number of rotatable bonds is 5. The van der Waals surface area contributed by atoms with E-state index in [0.717, 1.165) is 44.5 Å². The molecule has 0 radical (unpaired) electrons. The van der Waals surface area contributed by atoms with E-state index in [-0.39, 0.29) is 5.41 Å². The van der Waals surface area contributed by atoms with Gasteiger partial charge in [-0.15, -0.1) is 0 Å². The van der Waals surface area contributed by atoms with Crippen molar-refractivity contribution in [2.75, 3.05) is 0 Å². The quantitative estimate of drug-likeness (QED) is 0.202. The number of nitrogens with zero attached hydrogens (tertiary/aromatic N) is 2. The van der Waals surface area contributed by atoms with Crippen LogP contribution in [0.3, 0.4) is 0 Å². The maximum absolute atomic E-state index is 5.35. The third-order valence-corrected chi connectivity index (χ3v) is 8.66. The Hall–Kier alpha value is -5.34. The lowest BCUT2D eigenvalue weighted by molar-refractivity contribution is 0.589. The van der Waals surface area contributed by atoms with Gasteiger partial charge in [-0.25, -0.2) is 4.98 Å². The van der Waals surface area contributed by atoms with Crippen molar-refractivity contribution in [2.24, 2.45) is 0 Å². The van der Waals surface area contributed by atoms with Gasteiger partial charge in [-0.1, -0.05) is 124 Å². The molecule has 0 amide bonds. The van der Waals surface area contributed by atoms with Gasteiger partial charge in [-0.3, -0.25) is 4.98 Å². The summed E-state index contributed by atoms with van der Waals surface area (Å²) < 4.78 is 0. The van der Waals surface area contributed by atoms with E-state index in [1.807, 2.05) is 12.3 Å². The molecule has 7 rings (SSSR count). The Morgan fingerprint density at radius 2 is 1.16 bits per heavy atom. The van der Waals surface area contributed by atoms with Gasteiger partial charge in [-0.05, 0) is 87.7 Å². The van der Waals surface area contributed by atoms with Crippen LogP contribution in [0.4, 0.5) is 0 Å². The Morgan fingerprint density at radius 3 is 1.91 bits per heavy atom. The van der Waals surface area contributed by atoms with Crippen LogP contribution in [-0.2, 0) is 5.41 Å². The van der Waals surface area contributed by atoms with Gasteiger partial charge in [0.15, 0.2) is 0 Å². The molecule has 45 heavy (non-hydrogen) atoms. The summed E-state index contributed by atoms with van der Waals surface area (Å²) in [7, 11) is 0. The van der Waals surface area contributed by atoms with Gasteiger partial charge >= 0.3 is 0 Å². The second-order valence-electron chi connectivity index (χ2n) is 12.8. The highest BCUT2D eigenvalue weighted by Crippen LogP contribution is 2.39. The Kier molecular flexibility index (Phi) is 7.35. The number of benzene rings is 5. The smallest absolute Gasteiger partial charge is 0.0794 e. The summed E-state index contributed by atoms with van der Waals surface area (Å²) in [6.07, 6.45) is 1.92. The first kappa shape index (κ1) is 28.4. The van der Waals surface area contributed by atoms with Gasteiger partial charge in [0.05, 0.1) is 16.9 Å². The lowest BCUT2D eigenvalue weighted by atomic mass is 9.86. The molecule has 0 unspecified atom stereocenters. The molecule has 0 spiro atoms. The zero-order valence-corrected chi connectivity index (χ0v) is 26.3. The summed E-state index contributed by atoms with van der Waals surface area (Å²) in [5, 5.41) is 1.14. The Morgan fingerprint density at radius 1 is 0.467 bits per heavy atom. The molecule has 5 aromatic carbocycles. The number of fused-ring (bicyclic) bond motifs is 1. The highest BCUT2D eigenvalue weighted by Gasteiger charge is 2.17. The number of hydrogen-bond donors (Lipinski definition) is 0. The second kappa shape index (κ2) is 11.6. The molecule has 0 saturated heterocycles. The summed E-state index contributed by atoms with van der Waals surface area (Å²) >= 11 is 0. The lowest BCUT2D eigenvalue weighted by Gasteiger charge is -2.19. The number of pyridine rings is 2. The molecule has 0 aliphatic heterocycles. The zero-order valence-electron chi connectivity index (χ0n) is 26.3. The van der Waals surface area contributed by atoms with Crippen molar-refractivity contribution in [3.8, 4) is 55.9 Å². The fourth-order valence-corrected chi connectivity index (χ4v) is 6.08. The molecule has 0 atom stereocenters. The van der Waals surface area contributed by atoms with Crippen molar-refractivity contribution >= 4 is 10.9 Å². The molecule has 7 aromatic rings. The molecule has 0 aliphatic carbocycles. The third-order valence-electron chi connectivity index (χ3n) is 8.66. The summed E-state index contributed by atoms with van der Waals surface area (Å²) in [6.45, 7) is 8.91. The first-order valence-corrected chi connectivity index (χ1v) is 15.6. The average molecular weight is 581 g/mol. The average Bonchev–Trinajstić information content (AvgIpc) is 3.08. The second-order valence-corrected chi connectivity index (χ2v) is 12.8. The van der Waals surface area contributed by atoms with Crippen molar-refractivity contribution in [3.63, 3.8) is 0 Å². The first-order chi connectivity index (χ1) is 21.8. The van der Waals surface area contributed by atoms with E-state index in [2.05, 4.69) is 161 Å². The summed E-state index contributed by atoms with van der Waals surface area (Å²) in [5.41, 5.74) is 14.8. The van der Waals surface area contributed by atoms with Gasteiger partial charge in [0.1, 0.15) is 0 Å². The van der Waals surface area contributed by atoms with E-state index in [0.29, 0.717) is 0 Å². The lowest BCUT2D eigenvalue weighted by Crippen LogP contribution is -2.11. The molecule has 0 saturated carbocycles. The standard InChI is InChI=1S/C43H36N2/c1-29-18-19-32(30-12-7-5-8-13-30)27-39(29)37-21-20-36(42-38(37)22-23-40(45-42)31-14-9-6-10-15-31)33-16-11-17-34(26-33)41-28-35(24-25-44-41)43(2,3)4/h5-28H,1-4H3. The Balaban J connectivity index is 1.42. The molecule has 0 fully saturated rings. The van der Waals surface area contributed by atoms with Crippen LogP contribution in [0.1, 0.15) is 31.9 Å². The molecular formula is C43H36N2. The molecular weight excluding hydrogens is 544 g/mol. The van der Waals surface area contributed by atoms with Crippen LogP contribution >= 0.6 is 0 Å². The largest absolute Gasteiger partial charge is 0.256 e. The van der Waals surface area contributed by atoms with Gasteiger partial charge < -0.3 is 0 Å². The molecule has 0 aliphatic rings. The van der Waals surface area contributed by atoms with Gasteiger partial charge in [0, 0.05) is 28.3 Å². The Bertz CT molecular complexity index is 2140. The van der Waals surface area contributed by atoms with Crippen LogP contribution in [0.25, 0.3) is 66.8 Å². The van der Waals surface area contributed by atoms with Gasteiger partial charge in [-0.2, -0.15) is 0 Å². The van der Waals surface area contributed by atoms with Gasteiger partial charge in [0.25, 0.3) is 0 Å². The van der Waals surface area contributed by atoms with Crippen molar-refractivity contribution < 1.29 is 0 Å². The fraction of sp³-hybridized carbons (Fsp3) is 0.116. The predicted molar refractivity (Wildman–Crippen MR) is 190 cm³/mol. The minimum Gasteiger partial charge on any atom is -0.256 e. The van der Waals surface area contributed by atoms with Crippen LogP contribution in [0, 0.1) is 6.92 Å². The monoisotopic (exact) mass is 580 g/mol. The summed E-state index contributed by atoms with van der Waals surface area (Å²) in [6, 6.07) is 49.7. The number of aromatic nitrogens is 2. The summed E-state index contributed by atoms with van der Waals surface area (Å²) in [5.74, 6) is 0. The van der Waals surface area contributed by atoms with E-state index in [1.165, 1.54) is 33.4 Å². The highest BCUT2D eigenvalue weighted by molar-refractivity contribution is 6.04. The van der Waals surface area contributed by atoms with Crippen LogP contribution in [0.15, 0.2) is 146 Å². The Labute approximate surface area is 266 Å². The molecule has 0 N–H and O–H groups in total. The van der Waals surface area contributed by atoms with Crippen LogP contribution in [0.5, 0.6) is 0 Å². The van der Waals surface area contributed by atoms with E-state index >= 15 is 0 Å². The third kappa shape index (κ3) is 5.68. The molecule has 2 nitrogen and oxygen atoms in total. The molecule has 2 aromatic heterocycles. The molecule has 2 heterocycles. The summed E-state index contributed by atoms with van der Waals surface area (Å²) in [4.78, 5) is 10.1. The van der Waals surface area contributed by atoms with Crippen molar-refractivity contribution in [3.05, 3.63) is 157 Å². The topological polar surface area (TPSA) is 25.8 Å². The minimum absolute atomic E-state index is 0.0506. The maximum atomic E-state index is 5.35. The maximum Gasteiger partial charge on any atom is 0.0794 e.